The summed E-state index contributed by atoms with van der Waals surface area (Å²) in [5.41, 5.74) is 1.18. The molecule has 4 nitrogen and oxygen atoms in total. The third kappa shape index (κ3) is 3.61. The van der Waals surface area contributed by atoms with E-state index in [1.807, 2.05) is 0 Å². The topological polar surface area (TPSA) is 60.2 Å². The monoisotopic (exact) mass is 305 g/mol. The molecule has 7 heteroatoms. The Kier molecular flexibility index (Phi) is 5.94. The predicted molar refractivity (Wildman–Crippen MR) is 71.9 cm³/mol. The van der Waals surface area contributed by atoms with Crippen molar-refractivity contribution in [1.29, 1.82) is 0 Å². The quantitative estimate of drug-likeness (QED) is 0.622. The number of hydrogen-bond donors (Lipinski definition) is 0. The van der Waals surface area contributed by atoms with E-state index < -0.39 is 16.1 Å². The molecular formula is C11H7CaNO3S2. The second-order valence-electron chi connectivity index (χ2n) is 3.47. The second kappa shape index (κ2) is 6.77. The molecule has 88 valence electrons. The molecule has 0 N–H and O–H groups in total. The van der Waals surface area contributed by atoms with Crippen LogP contribution < -0.4 is 0 Å². The molecule has 1 heterocycles. The van der Waals surface area contributed by atoms with Crippen molar-refractivity contribution in [3.8, 4) is 0 Å². The zero-order chi connectivity index (χ0) is 12.4. The van der Waals surface area contributed by atoms with Gasteiger partial charge in [-0.05, 0) is 12.1 Å². The maximum atomic E-state index is 11.3. The van der Waals surface area contributed by atoms with Crippen LogP contribution in [0.15, 0.2) is 28.7 Å². The van der Waals surface area contributed by atoms with Crippen molar-refractivity contribution in [2.75, 3.05) is 0 Å². The Balaban J connectivity index is 0.00000162. The van der Waals surface area contributed by atoms with E-state index in [0.717, 1.165) is 0 Å². The van der Waals surface area contributed by atoms with E-state index in [9.17, 15) is 9.59 Å². The molecule has 0 aliphatic rings. The molecule has 2 aromatic rings. The average molecular weight is 305 g/mol. The molecular weight excluding hydrogens is 298 g/mol. The fraction of sp³-hybridized carbons (Fsp3) is 0.182. The van der Waals surface area contributed by atoms with Gasteiger partial charge in [0.2, 0.25) is 5.89 Å². The minimum Gasteiger partial charge on any atom is -0.742 e. The first-order valence-electron chi connectivity index (χ1n) is 4.84. The predicted octanol–water partition coefficient (Wildman–Crippen LogP) is 1.07. The third-order valence-corrected chi connectivity index (χ3v) is 2.72. The Bertz CT molecular complexity index is 551. The van der Waals surface area contributed by atoms with E-state index in [1.54, 1.807) is 24.3 Å². The summed E-state index contributed by atoms with van der Waals surface area (Å²) in [5.74, 6) is -0.702. The summed E-state index contributed by atoms with van der Waals surface area (Å²) in [6, 6.07) is 7.08. The maximum absolute atomic E-state index is 11.3. The van der Waals surface area contributed by atoms with Crippen LogP contribution in [0.2, 0.25) is 0 Å². The van der Waals surface area contributed by atoms with Gasteiger partial charge in [0, 0.05) is 16.7 Å². The summed E-state index contributed by atoms with van der Waals surface area (Å²) in [7, 11) is 0. The van der Waals surface area contributed by atoms with Crippen molar-refractivity contribution < 1.29 is 14.0 Å². The van der Waals surface area contributed by atoms with E-state index in [2.05, 4.69) is 30.2 Å². The number of carbonyl (C=O) groups excluding carboxylic acids is 2. The molecule has 0 saturated carbocycles. The Labute approximate surface area is 144 Å². The van der Waals surface area contributed by atoms with Gasteiger partial charge in [-0.2, -0.15) is 0 Å². The normalized spacial score (nSPS) is 11.8. The van der Waals surface area contributed by atoms with Gasteiger partial charge < -0.3 is 39.3 Å². The molecule has 0 saturated heterocycles. The van der Waals surface area contributed by atoms with Crippen LogP contribution in [0.1, 0.15) is 18.2 Å². The molecule has 2 rings (SSSR count). The number of para-hydroxylation sites is 2. The molecule has 1 atom stereocenters. The van der Waals surface area contributed by atoms with Gasteiger partial charge in [-0.25, -0.2) is 4.98 Å². The van der Waals surface area contributed by atoms with Crippen LogP contribution in [0.5, 0.6) is 0 Å². The van der Waals surface area contributed by atoms with Gasteiger partial charge in [-0.3, -0.25) is 0 Å². The van der Waals surface area contributed by atoms with Crippen molar-refractivity contribution in [3.05, 3.63) is 30.2 Å². The van der Waals surface area contributed by atoms with Gasteiger partial charge in [0.1, 0.15) is 5.52 Å². The van der Waals surface area contributed by atoms with Gasteiger partial charge in [0.15, 0.2) is 5.58 Å². The number of nitrogens with zero attached hydrogens (tertiary/aromatic N) is 1. The molecule has 1 aromatic carbocycles. The van der Waals surface area contributed by atoms with Crippen LogP contribution in [0.3, 0.4) is 0 Å². The molecule has 0 bridgehead atoms. The molecule has 0 radical (unpaired) electrons. The zero-order valence-corrected chi connectivity index (χ0v) is 13.1. The minimum atomic E-state index is -0.859. The first-order chi connectivity index (χ1) is 8.08. The van der Waals surface area contributed by atoms with Crippen molar-refractivity contribution >= 4 is 84.3 Å². The number of carbonyl (C=O) groups is 2. The summed E-state index contributed by atoms with van der Waals surface area (Å²) in [4.78, 5) is 26.3. The first-order valence-corrected chi connectivity index (χ1v) is 5.65. The van der Waals surface area contributed by atoms with Gasteiger partial charge in [0.05, 0.1) is 5.92 Å². The second-order valence-corrected chi connectivity index (χ2v) is 4.33. The number of fused-ring (bicyclic) bond motifs is 1. The summed E-state index contributed by atoms with van der Waals surface area (Å²) in [6.07, 6.45) is -0.148. The molecule has 0 aliphatic heterocycles. The molecule has 0 spiro atoms. The van der Waals surface area contributed by atoms with Gasteiger partial charge in [0.25, 0.3) is 0 Å². The van der Waals surface area contributed by atoms with E-state index in [-0.39, 0.29) is 50.0 Å². The SMILES string of the molecule is O=C([S-])CC(C(=O)[S-])c1nc2ccccc2o1.[Ca+2]. The van der Waals surface area contributed by atoms with Crippen LogP contribution >= 0.6 is 0 Å². The van der Waals surface area contributed by atoms with Crippen LogP contribution in [0.4, 0.5) is 0 Å². The number of aromatic nitrogens is 1. The number of hydrogen-bond acceptors (Lipinski definition) is 6. The van der Waals surface area contributed by atoms with Crippen molar-refractivity contribution in [3.63, 3.8) is 0 Å². The fourth-order valence-corrected chi connectivity index (χ4v) is 1.83. The Morgan fingerprint density at radius 2 is 1.94 bits per heavy atom. The molecule has 0 aliphatic carbocycles. The summed E-state index contributed by atoms with van der Waals surface area (Å²) >= 11 is 9.02. The molecule has 18 heavy (non-hydrogen) atoms. The van der Waals surface area contributed by atoms with E-state index in [1.165, 1.54) is 0 Å². The van der Waals surface area contributed by atoms with Gasteiger partial charge >= 0.3 is 37.7 Å². The Morgan fingerprint density at radius 1 is 1.28 bits per heavy atom. The molecule has 1 aromatic heterocycles. The number of rotatable bonds is 4. The maximum Gasteiger partial charge on any atom is 2.00 e. The number of oxazole rings is 1. The van der Waals surface area contributed by atoms with Crippen molar-refractivity contribution in [2.24, 2.45) is 0 Å². The van der Waals surface area contributed by atoms with Crippen LogP contribution in [-0.2, 0) is 34.8 Å². The smallest absolute Gasteiger partial charge is 0.742 e. The van der Waals surface area contributed by atoms with E-state index in [0.29, 0.717) is 11.1 Å². The average Bonchev–Trinajstić information content (AvgIpc) is 2.68. The first kappa shape index (κ1) is 15.8. The van der Waals surface area contributed by atoms with E-state index in [4.69, 9.17) is 4.42 Å². The molecule has 1 unspecified atom stereocenters. The summed E-state index contributed by atoms with van der Waals surface area (Å²) < 4.78 is 5.40. The Morgan fingerprint density at radius 3 is 2.50 bits per heavy atom. The molecule has 0 amide bonds. The van der Waals surface area contributed by atoms with Crippen molar-refractivity contribution in [2.45, 2.75) is 12.3 Å². The zero-order valence-electron chi connectivity index (χ0n) is 9.29. The Hall–Kier alpha value is -0.270. The van der Waals surface area contributed by atoms with Gasteiger partial charge in [-0.15, -0.1) is 0 Å². The fourth-order valence-electron chi connectivity index (χ4n) is 1.48. The third-order valence-electron chi connectivity index (χ3n) is 2.26. The summed E-state index contributed by atoms with van der Waals surface area (Å²) in [6.45, 7) is 0. The van der Waals surface area contributed by atoms with Crippen LogP contribution in [-0.4, -0.2) is 53.0 Å². The standard InChI is InChI=1S/C11H9NO3S2.Ca/c13-9(16)5-6(11(14)17)10-12-7-3-1-2-4-8(7)15-10;/h1-4,6H,5H2,(H,13,16)(H,14,17);/q;+2/p-2. The van der Waals surface area contributed by atoms with Crippen LogP contribution in [0, 0.1) is 0 Å². The van der Waals surface area contributed by atoms with Crippen molar-refractivity contribution in [1.82, 2.24) is 4.98 Å². The largest absolute Gasteiger partial charge is 2.00 e. The minimum absolute atomic E-state index is 0. The summed E-state index contributed by atoms with van der Waals surface area (Å²) in [5, 5.41) is -1.12. The van der Waals surface area contributed by atoms with Crippen LogP contribution in [0.25, 0.3) is 11.1 Å². The molecule has 0 fully saturated rings. The number of benzene rings is 1. The van der Waals surface area contributed by atoms with Gasteiger partial charge in [-0.1, -0.05) is 12.1 Å². The van der Waals surface area contributed by atoms with E-state index >= 15 is 0 Å².